The van der Waals surface area contributed by atoms with E-state index in [0.29, 0.717) is 12.5 Å². The molecule has 5 nitrogen and oxygen atoms in total. The van der Waals surface area contributed by atoms with E-state index in [1.165, 1.54) is 12.0 Å². The fraction of sp³-hybridized carbons (Fsp3) is 0.611. The van der Waals surface area contributed by atoms with Gasteiger partial charge in [0.2, 0.25) is 0 Å². The molecule has 2 rings (SSSR count). The average molecular weight is 479 g/mol. The molecule has 1 aliphatic rings. The summed E-state index contributed by atoms with van der Waals surface area (Å²) < 4.78 is 23.2. The third-order valence-corrected chi connectivity index (χ3v) is 6.43. The molecule has 25 heavy (non-hydrogen) atoms. The van der Waals surface area contributed by atoms with E-state index in [0.717, 1.165) is 25.9 Å². The number of aliphatic imine (C=N–C) groups is 1. The van der Waals surface area contributed by atoms with Gasteiger partial charge < -0.3 is 10.6 Å². The Balaban J connectivity index is 0.00000312. The third-order valence-electron chi connectivity index (χ3n) is 4.73. The van der Waals surface area contributed by atoms with Crippen molar-refractivity contribution in [3.05, 3.63) is 35.9 Å². The molecule has 0 amide bonds. The molecule has 0 saturated heterocycles. The van der Waals surface area contributed by atoms with Gasteiger partial charge in [-0.25, -0.2) is 8.42 Å². The Morgan fingerprint density at radius 2 is 1.84 bits per heavy atom. The Morgan fingerprint density at radius 3 is 2.36 bits per heavy atom. The van der Waals surface area contributed by atoms with Crippen LogP contribution in [0.1, 0.15) is 38.7 Å². The quantitative estimate of drug-likeness (QED) is 0.342. The van der Waals surface area contributed by atoms with Gasteiger partial charge in [-0.2, -0.15) is 0 Å². The van der Waals surface area contributed by atoms with E-state index in [4.69, 9.17) is 4.99 Å². The second kappa shape index (κ2) is 10.4. The van der Waals surface area contributed by atoms with Crippen LogP contribution in [-0.4, -0.2) is 45.5 Å². The van der Waals surface area contributed by atoms with Crippen molar-refractivity contribution in [3.63, 3.8) is 0 Å². The second-order valence-corrected chi connectivity index (χ2v) is 8.83. The van der Waals surface area contributed by atoms with Gasteiger partial charge in [0.1, 0.15) is 0 Å². The van der Waals surface area contributed by atoms with Gasteiger partial charge in [0.05, 0.1) is 12.3 Å². The molecule has 1 aliphatic carbocycles. The fourth-order valence-electron chi connectivity index (χ4n) is 2.97. The second-order valence-electron chi connectivity index (χ2n) is 6.36. The predicted molar refractivity (Wildman–Crippen MR) is 116 cm³/mol. The minimum absolute atomic E-state index is 0. The van der Waals surface area contributed by atoms with Gasteiger partial charge in [0.15, 0.2) is 15.8 Å². The Labute approximate surface area is 169 Å². The molecular weight excluding hydrogens is 449 g/mol. The maximum absolute atomic E-state index is 11.6. The van der Waals surface area contributed by atoms with Gasteiger partial charge in [-0.1, -0.05) is 43.7 Å². The van der Waals surface area contributed by atoms with Crippen molar-refractivity contribution in [1.29, 1.82) is 0 Å². The zero-order valence-electron chi connectivity index (χ0n) is 15.1. The summed E-state index contributed by atoms with van der Waals surface area (Å²) in [6.45, 7) is 5.56. The molecule has 142 valence electrons. The number of sulfone groups is 1. The Hall–Kier alpha value is -0.830. The number of hydrogen-bond acceptors (Lipinski definition) is 3. The number of rotatable bonds is 8. The largest absolute Gasteiger partial charge is 0.357 e. The van der Waals surface area contributed by atoms with E-state index in [9.17, 15) is 8.42 Å². The lowest BCUT2D eigenvalue weighted by atomic mass is 9.64. The first-order chi connectivity index (χ1) is 11.5. The van der Waals surface area contributed by atoms with Crippen LogP contribution in [0.15, 0.2) is 35.3 Å². The molecule has 0 radical (unpaired) electrons. The van der Waals surface area contributed by atoms with Gasteiger partial charge >= 0.3 is 0 Å². The van der Waals surface area contributed by atoms with Crippen molar-refractivity contribution in [2.24, 2.45) is 4.99 Å². The van der Waals surface area contributed by atoms with E-state index in [1.807, 2.05) is 13.0 Å². The molecule has 0 aromatic heterocycles. The van der Waals surface area contributed by atoms with E-state index in [-0.39, 0.29) is 40.9 Å². The van der Waals surface area contributed by atoms with Crippen molar-refractivity contribution in [2.45, 2.75) is 38.5 Å². The lowest BCUT2D eigenvalue weighted by molar-refractivity contribution is 0.253. The highest BCUT2D eigenvalue weighted by Crippen LogP contribution is 2.43. The minimum Gasteiger partial charge on any atom is -0.357 e. The van der Waals surface area contributed by atoms with Crippen molar-refractivity contribution in [2.75, 3.05) is 31.1 Å². The van der Waals surface area contributed by atoms with Gasteiger partial charge in [-0.3, -0.25) is 4.99 Å². The zero-order chi connectivity index (χ0) is 17.5. The van der Waals surface area contributed by atoms with Crippen LogP contribution in [0.4, 0.5) is 0 Å². The SMILES string of the molecule is CCNC(=NCC1(c2ccccc2)CCC1)NCCS(=O)(=O)CC.I. The summed E-state index contributed by atoms with van der Waals surface area (Å²) in [5, 5.41) is 6.35. The molecule has 2 N–H and O–H groups in total. The third kappa shape index (κ3) is 6.44. The lowest BCUT2D eigenvalue weighted by Gasteiger charge is -2.41. The summed E-state index contributed by atoms with van der Waals surface area (Å²) in [4.78, 5) is 4.73. The first-order valence-corrected chi connectivity index (χ1v) is 10.6. The van der Waals surface area contributed by atoms with Crippen LogP contribution in [0.25, 0.3) is 0 Å². The van der Waals surface area contributed by atoms with Crippen molar-refractivity contribution in [1.82, 2.24) is 10.6 Å². The average Bonchev–Trinajstić information content (AvgIpc) is 2.54. The van der Waals surface area contributed by atoms with E-state index < -0.39 is 9.84 Å². The highest BCUT2D eigenvalue weighted by Gasteiger charge is 2.38. The van der Waals surface area contributed by atoms with E-state index in [2.05, 4.69) is 34.9 Å². The van der Waals surface area contributed by atoms with Gasteiger partial charge in [0, 0.05) is 24.3 Å². The highest BCUT2D eigenvalue weighted by molar-refractivity contribution is 14.0. The summed E-state index contributed by atoms with van der Waals surface area (Å²) >= 11 is 0. The van der Waals surface area contributed by atoms with Crippen LogP contribution in [-0.2, 0) is 15.3 Å². The molecule has 1 aromatic carbocycles. The number of nitrogens with one attached hydrogen (secondary N) is 2. The molecule has 1 aromatic rings. The van der Waals surface area contributed by atoms with Gasteiger partial charge in [0.25, 0.3) is 0 Å². The van der Waals surface area contributed by atoms with Crippen LogP contribution in [0.3, 0.4) is 0 Å². The Morgan fingerprint density at radius 1 is 1.16 bits per heavy atom. The summed E-state index contributed by atoms with van der Waals surface area (Å²) in [6, 6.07) is 10.6. The highest BCUT2D eigenvalue weighted by atomic mass is 127. The van der Waals surface area contributed by atoms with Gasteiger partial charge in [-0.15, -0.1) is 24.0 Å². The smallest absolute Gasteiger partial charge is 0.191 e. The summed E-state index contributed by atoms with van der Waals surface area (Å²) in [6.07, 6.45) is 3.55. The van der Waals surface area contributed by atoms with Crippen LogP contribution in [0.2, 0.25) is 0 Å². The first kappa shape index (κ1) is 22.2. The van der Waals surface area contributed by atoms with E-state index in [1.54, 1.807) is 6.92 Å². The maximum atomic E-state index is 11.6. The van der Waals surface area contributed by atoms with Crippen LogP contribution in [0.5, 0.6) is 0 Å². The van der Waals surface area contributed by atoms with Crippen LogP contribution >= 0.6 is 24.0 Å². The topological polar surface area (TPSA) is 70.6 Å². The zero-order valence-corrected chi connectivity index (χ0v) is 18.3. The van der Waals surface area contributed by atoms with Crippen LogP contribution < -0.4 is 10.6 Å². The molecular formula is C18H30IN3O2S. The normalized spacial score (nSPS) is 16.5. The summed E-state index contributed by atoms with van der Waals surface area (Å²) in [5.41, 5.74) is 1.49. The number of nitrogens with zero attached hydrogens (tertiary/aromatic N) is 1. The van der Waals surface area contributed by atoms with Crippen LogP contribution in [0, 0.1) is 0 Å². The molecule has 0 aliphatic heterocycles. The minimum atomic E-state index is -2.96. The summed E-state index contributed by atoms with van der Waals surface area (Å²) in [5.74, 6) is 1.02. The Kier molecular flexibility index (Phi) is 9.20. The molecule has 0 heterocycles. The number of hydrogen-bond donors (Lipinski definition) is 2. The molecule has 0 bridgehead atoms. The maximum Gasteiger partial charge on any atom is 0.191 e. The molecule has 7 heteroatoms. The molecule has 1 saturated carbocycles. The van der Waals surface area contributed by atoms with Crippen molar-refractivity contribution in [3.8, 4) is 0 Å². The van der Waals surface area contributed by atoms with Crippen molar-refractivity contribution < 1.29 is 8.42 Å². The van der Waals surface area contributed by atoms with E-state index >= 15 is 0 Å². The summed E-state index contributed by atoms with van der Waals surface area (Å²) in [7, 11) is -2.96. The molecule has 1 fully saturated rings. The Bertz CT molecular complexity index is 644. The monoisotopic (exact) mass is 479 g/mol. The predicted octanol–water partition coefficient (Wildman–Crippen LogP) is 2.72. The van der Waals surface area contributed by atoms with Crippen molar-refractivity contribution >= 4 is 39.8 Å². The number of guanidine groups is 1. The molecule has 0 atom stereocenters. The molecule has 0 unspecified atom stereocenters. The number of benzene rings is 1. The lowest BCUT2D eigenvalue weighted by Crippen LogP contribution is -2.43. The number of halogens is 1. The first-order valence-electron chi connectivity index (χ1n) is 8.79. The fourth-order valence-corrected chi connectivity index (χ4v) is 3.68. The standard InChI is InChI=1S/C18H29N3O2S.HI/c1-3-19-17(20-13-14-24(22,23)4-2)21-15-18(11-8-12-18)16-9-6-5-7-10-16;/h5-7,9-10H,3-4,8,11-15H2,1-2H3,(H2,19,20,21);1H. The molecule has 0 spiro atoms. The van der Waals surface area contributed by atoms with Gasteiger partial charge in [-0.05, 0) is 25.3 Å².